The van der Waals surface area contributed by atoms with E-state index in [0.29, 0.717) is 0 Å². The van der Waals surface area contributed by atoms with Crippen molar-refractivity contribution in [3.05, 3.63) is 52.7 Å². The van der Waals surface area contributed by atoms with Crippen molar-refractivity contribution < 1.29 is 0 Å². The van der Waals surface area contributed by atoms with Crippen LogP contribution in [0.15, 0.2) is 36.5 Å². The normalized spacial score (nSPS) is 10.5. The first kappa shape index (κ1) is 12.1. The van der Waals surface area contributed by atoms with E-state index in [1.807, 2.05) is 44.4 Å². The molecule has 2 aromatic rings. The molecule has 3 heteroatoms. The van der Waals surface area contributed by atoms with Crippen molar-refractivity contribution in [3.8, 4) is 11.3 Å². The number of halogens is 1. The molecule has 0 spiro atoms. The first-order valence-corrected chi connectivity index (χ1v) is 5.95. The van der Waals surface area contributed by atoms with E-state index in [0.717, 1.165) is 28.4 Å². The molecule has 1 aromatic carbocycles. The van der Waals surface area contributed by atoms with Crippen molar-refractivity contribution in [2.24, 2.45) is 0 Å². The van der Waals surface area contributed by atoms with Crippen LogP contribution >= 0.6 is 11.6 Å². The molecule has 0 fully saturated rings. The number of nitrogens with one attached hydrogen (secondary N) is 1. The quantitative estimate of drug-likeness (QED) is 0.898. The molecule has 2 nitrogen and oxygen atoms in total. The molecule has 0 amide bonds. The minimum absolute atomic E-state index is 0.781. The van der Waals surface area contributed by atoms with E-state index in [1.54, 1.807) is 0 Å². The lowest BCUT2D eigenvalue weighted by Crippen LogP contribution is -2.05. The molecule has 0 saturated heterocycles. The predicted octanol–water partition coefficient (Wildman–Crippen LogP) is 3.43. The molecule has 1 aromatic heterocycles. The zero-order chi connectivity index (χ0) is 12.3. The van der Waals surface area contributed by atoms with E-state index in [2.05, 4.69) is 16.4 Å². The van der Waals surface area contributed by atoms with Gasteiger partial charge in [-0.25, -0.2) is 0 Å². The second kappa shape index (κ2) is 5.30. The van der Waals surface area contributed by atoms with Gasteiger partial charge in [-0.1, -0.05) is 23.7 Å². The van der Waals surface area contributed by atoms with Crippen molar-refractivity contribution in [3.63, 3.8) is 0 Å². The summed E-state index contributed by atoms with van der Waals surface area (Å²) < 4.78 is 0. The molecule has 0 unspecified atom stereocenters. The van der Waals surface area contributed by atoms with E-state index in [4.69, 9.17) is 11.6 Å². The van der Waals surface area contributed by atoms with Gasteiger partial charge in [0.05, 0.1) is 5.69 Å². The Bertz CT molecular complexity index is 523. The third-order valence-electron chi connectivity index (χ3n) is 2.75. The number of hydrogen-bond donors (Lipinski definition) is 1. The number of rotatable bonds is 3. The fraction of sp³-hybridized carbons (Fsp3) is 0.214. The summed E-state index contributed by atoms with van der Waals surface area (Å²) in [5.41, 5.74) is 4.35. The zero-order valence-corrected chi connectivity index (χ0v) is 10.8. The number of aromatic nitrogens is 1. The summed E-state index contributed by atoms with van der Waals surface area (Å²) >= 11 is 6.12. The highest BCUT2D eigenvalue weighted by Gasteiger charge is 2.06. The van der Waals surface area contributed by atoms with Gasteiger partial charge < -0.3 is 5.32 Å². The molecule has 0 bridgehead atoms. The lowest BCUT2D eigenvalue weighted by Gasteiger charge is -2.08. The lowest BCUT2D eigenvalue weighted by atomic mass is 10.0. The number of pyridine rings is 1. The van der Waals surface area contributed by atoms with Crippen molar-refractivity contribution in [1.82, 2.24) is 10.3 Å². The van der Waals surface area contributed by atoms with Gasteiger partial charge in [-0.05, 0) is 43.3 Å². The molecule has 88 valence electrons. The maximum atomic E-state index is 6.12. The molecule has 0 saturated carbocycles. The van der Waals surface area contributed by atoms with E-state index in [9.17, 15) is 0 Å². The zero-order valence-electron chi connectivity index (χ0n) is 10.00. The fourth-order valence-corrected chi connectivity index (χ4v) is 2.00. The van der Waals surface area contributed by atoms with Gasteiger partial charge in [-0.15, -0.1) is 0 Å². The highest BCUT2D eigenvalue weighted by Crippen LogP contribution is 2.27. The topological polar surface area (TPSA) is 24.9 Å². The fourth-order valence-electron chi connectivity index (χ4n) is 1.82. The van der Waals surface area contributed by atoms with Crippen LogP contribution in [-0.2, 0) is 6.54 Å². The third kappa shape index (κ3) is 2.65. The van der Waals surface area contributed by atoms with Gasteiger partial charge in [-0.2, -0.15) is 0 Å². The summed E-state index contributed by atoms with van der Waals surface area (Å²) in [6.07, 6.45) is 1.84. The summed E-state index contributed by atoms with van der Waals surface area (Å²) in [5.74, 6) is 0. The predicted molar refractivity (Wildman–Crippen MR) is 72.2 cm³/mol. The monoisotopic (exact) mass is 246 g/mol. The second-order valence-electron chi connectivity index (χ2n) is 3.99. The Morgan fingerprint density at radius 2 is 2.12 bits per heavy atom. The van der Waals surface area contributed by atoms with E-state index < -0.39 is 0 Å². The Balaban J connectivity index is 2.45. The van der Waals surface area contributed by atoms with Crippen molar-refractivity contribution in [2.75, 3.05) is 7.05 Å². The third-order valence-corrected chi connectivity index (χ3v) is 3.16. The van der Waals surface area contributed by atoms with Gasteiger partial charge in [0.2, 0.25) is 0 Å². The Kier molecular flexibility index (Phi) is 3.77. The van der Waals surface area contributed by atoms with Crippen LogP contribution < -0.4 is 5.32 Å². The lowest BCUT2D eigenvalue weighted by molar-refractivity contribution is 0.816. The maximum Gasteiger partial charge on any atom is 0.0708 e. The van der Waals surface area contributed by atoms with E-state index >= 15 is 0 Å². The van der Waals surface area contributed by atoms with Crippen LogP contribution in [0.25, 0.3) is 11.3 Å². The molecular formula is C14H15ClN2. The average Bonchev–Trinajstić information content (AvgIpc) is 2.33. The molecule has 0 aliphatic heterocycles. The minimum Gasteiger partial charge on any atom is -0.316 e. The van der Waals surface area contributed by atoms with Crippen molar-refractivity contribution in [1.29, 1.82) is 0 Å². The summed E-state index contributed by atoms with van der Waals surface area (Å²) in [4.78, 5) is 4.41. The standard InChI is InChI=1S/C14H15ClN2/c1-10-12(4-3-5-13(10)15)14-8-11(9-16-2)6-7-17-14/h3-8,16H,9H2,1-2H3. The minimum atomic E-state index is 0.781. The number of benzene rings is 1. The molecule has 0 aliphatic rings. The van der Waals surface area contributed by atoms with Gasteiger partial charge in [0.1, 0.15) is 0 Å². The molecule has 0 atom stereocenters. The van der Waals surface area contributed by atoms with Crippen molar-refractivity contribution in [2.45, 2.75) is 13.5 Å². The summed E-state index contributed by atoms with van der Waals surface area (Å²) in [7, 11) is 1.94. The van der Waals surface area contributed by atoms with Crippen LogP contribution in [0.1, 0.15) is 11.1 Å². The van der Waals surface area contributed by atoms with Crippen LogP contribution in [0.3, 0.4) is 0 Å². The van der Waals surface area contributed by atoms with Crippen molar-refractivity contribution >= 4 is 11.6 Å². The molecule has 1 heterocycles. The molecule has 0 aliphatic carbocycles. The second-order valence-corrected chi connectivity index (χ2v) is 4.40. The van der Waals surface area contributed by atoms with Crippen LogP contribution in [0.4, 0.5) is 0 Å². The first-order valence-electron chi connectivity index (χ1n) is 5.57. The average molecular weight is 247 g/mol. The first-order chi connectivity index (χ1) is 8.22. The number of hydrogen-bond acceptors (Lipinski definition) is 2. The highest BCUT2D eigenvalue weighted by atomic mass is 35.5. The summed E-state index contributed by atoms with van der Waals surface area (Å²) in [6.45, 7) is 2.86. The number of nitrogens with zero attached hydrogens (tertiary/aromatic N) is 1. The van der Waals surface area contributed by atoms with Gasteiger partial charge in [0.25, 0.3) is 0 Å². The largest absolute Gasteiger partial charge is 0.316 e. The highest BCUT2D eigenvalue weighted by molar-refractivity contribution is 6.31. The Hall–Kier alpha value is -1.38. The van der Waals surface area contributed by atoms with Gasteiger partial charge in [0, 0.05) is 23.3 Å². The van der Waals surface area contributed by atoms with E-state index in [-0.39, 0.29) is 0 Å². The Morgan fingerprint density at radius 3 is 2.88 bits per heavy atom. The van der Waals surface area contributed by atoms with Gasteiger partial charge >= 0.3 is 0 Å². The molecule has 0 radical (unpaired) electrons. The SMILES string of the molecule is CNCc1ccnc(-c2cccc(Cl)c2C)c1. The summed E-state index contributed by atoms with van der Waals surface area (Å²) in [5, 5.41) is 3.92. The maximum absolute atomic E-state index is 6.12. The van der Waals surface area contributed by atoms with Gasteiger partial charge in [0.15, 0.2) is 0 Å². The smallest absolute Gasteiger partial charge is 0.0708 e. The van der Waals surface area contributed by atoms with Crippen LogP contribution in [0.2, 0.25) is 5.02 Å². The van der Waals surface area contributed by atoms with Crippen LogP contribution in [-0.4, -0.2) is 12.0 Å². The van der Waals surface area contributed by atoms with E-state index in [1.165, 1.54) is 5.56 Å². The molecule has 17 heavy (non-hydrogen) atoms. The molecule has 2 rings (SSSR count). The Labute approximate surface area is 107 Å². The molecule has 1 N–H and O–H groups in total. The molecular weight excluding hydrogens is 232 g/mol. The Morgan fingerprint density at radius 1 is 1.29 bits per heavy atom. The van der Waals surface area contributed by atoms with Crippen LogP contribution in [0, 0.1) is 6.92 Å². The van der Waals surface area contributed by atoms with Gasteiger partial charge in [-0.3, -0.25) is 4.98 Å². The van der Waals surface area contributed by atoms with Crippen LogP contribution in [0.5, 0.6) is 0 Å². The summed E-state index contributed by atoms with van der Waals surface area (Å²) in [6, 6.07) is 10.0.